The van der Waals surface area contributed by atoms with E-state index in [1.807, 2.05) is 25.1 Å². The van der Waals surface area contributed by atoms with Crippen molar-refractivity contribution in [2.75, 3.05) is 20.0 Å². The third kappa shape index (κ3) is 2.91. The third-order valence-corrected chi connectivity index (χ3v) is 4.93. The second-order valence-electron chi connectivity index (χ2n) is 4.34. The van der Waals surface area contributed by atoms with Gasteiger partial charge in [-0.2, -0.15) is 0 Å². The molecule has 2 N–H and O–H groups in total. The molecule has 1 aromatic heterocycles. The maximum Gasteiger partial charge on any atom is 0.350 e. The van der Waals surface area contributed by atoms with Crippen molar-refractivity contribution in [1.82, 2.24) is 0 Å². The first kappa shape index (κ1) is 15.9. The van der Waals surface area contributed by atoms with Crippen LogP contribution in [0.4, 0.5) is 5.69 Å². The number of thiophene rings is 1. The molecule has 0 bridgehead atoms. The van der Waals surface area contributed by atoms with Crippen LogP contribution in [-0.4, -0.2) is 20.2 Å². The Kier molecular flexibility index (Phi) is 4.90. The van der Waals surface area contributed by atoms with Gasteiger partial charge in [-0.3, -0.25) is 0 Å². The average Bonchev–Trinajstić information content (AvgIpc) is 2.82. The van der Waals surface area contributed by atoms with E-state index in [1.54, 1.807) is 7.11 Å². The predicted molar refractivity (Wildman–Crippen MR) is 89.1 cm³/mol. The SMILES string of the molecule is CCc1c(-c2ccc(Br)cc2OC)sc(C(=O)OC)c1N. The predicted octanol–water partition coefficient (Wildman–Crippen LogP) is 4.12. The van der Waals surface area contributed by atoms with Crippen molar-refractivity contribution in [1.29, 1.82) is 0 Å². The van der Waals surface area contributed by atoms with E-state index in [0.717, 1.165) is 32.6 Å². The van der Waals surface area contributed by atoms with Crippen molar-refractivity contribution in [3.63, 3.8) is 0 Å². The molecule has 0 aliphatic carbocycles. The largest absolute Gasteiger partial charge is 0.496 e. The van der Waals surface area contributed by atoms with E-state index in [-0.39, 0.29) is 0 Å². The number of hydrogen-bond donors (Lipinski definition) is 1. The molecule has 0 radical (unpaired) electrons. The summed E-state index contributed by atoms with van der Waals surface area (Å²) < 4.78 is 11.2. The summed E-state index contributed by atoms with van der Waals surface area (Å²) in [6.45, 7) is 2.01. The van der Waals surface area contributed by atoms with Crippen molar-refractivity contribution in [3.8, 4) is 16.2 Å². The lowest BCUT2D eigenvalue weighted by Crippen LogP contribution is -2.02. The molecule has 0 fully saturated rings. The van der Waals surface area contributed by atoms with Gasteiger partial charge in [-0.05, 0) is 30.2 Å². The number of anilines is 1. The number of nitrogen functional groups attached to an aromatic ring is 1. The lowest BCUT2D eigenvalue weighted by atomic mass is 10.1. The summed E-state index contributed by atoms with van der Waals surface area (Å²) >= 11 is 4.76. The number of nitrogens with two attached hydrogens (primary N) is 1. The number of carbonyl (C=O) groups excluding carboxylic acids is 1. The molecule has 4 nitrogen and oxygen atoms in total. The highest BCUT2D eigenvalue weighted by Crippen LogP contribution is 2.43. The van der Waals surface area contributed by atoms with Crippen LogP contribution in [0.5, 0.6) is 5.75 Å². The van der Waals surface area contributed by atoms with Gasteiger partial charge in [0.05, 0.1) is 19.9 Å². The summed E-state index contributed by atoms with van der Waals surface area (Å²) in [5.74, 6) is 0.325. The van der Waals surface area contributed by atoms with Crippen molar-refractivity contribution < 1.29 is 14.3 Å². The molecule has 0 aliphatic heterocycles. The summed E-state index contributed by atoms with van der Waals surface area (Å²) in [4.78, 5) is 13.2. The summed E-state index contributed by atoms with van der Waals surface area (Å²) in [7, 11) is 2.97. The Morgan fingerprint density at radius 2 is 2.10 bits per heavy atom. The molecular weight excluding hydrogens is 354 g/mol. The van der Waals surface area contributed by atoms with Gasteiger partial charge in [0.1, 0.15) is 10.6 Å². The molecular formula is C15H16BrNO3S. The lowest BCUT2D eigenvalue weighted by Gasteiger charge is -2.09. The first-order valence-electron chi connectivity index (χ1n) is 6.36. The van der Waals surface area contributed by atoms with Crippen LogP contribution >= 0.6 is 27.3 Å². The fourth-order valence-corrected chi connectivity index (χ4v) is 3.74. The molecule has 1 aromatic carbocycles. The van der Waals surface area contributed by atoms with Crippen LogP contribution in [0.15, 0.2) is 22.7 Å². The normalized spacial score (nSPS) is 10.5. The zero-order chi connectivity index (χ0) is 15.6. The number of methoxy groups -OCH3 is 2. The second-order valence-corrected chi connectivity index (χ2v) is 6.28. The Balaban J connectivity index is 2.66. The van der Waals surface area contributed by atoms with E-state index in [9.17, 15) is 4.79 Å². The van der Waals surface area contributed by atoms with Gasteiger partial charge in [0.2, 0.25) is 0 Å². The van der Waals surface area contributed by atoms with Crippen LogP contribution in [0.2, 0.25) is 0 Å². The van der Waals surface area contributed by atoms with Gasteiger partial charge < -0.3 is 15.2 Å². The molecule has 2 aromatic rings. The van der Waals surface area contributed by atoms with Crippen LogP contribution in [0.1, 0.15) is 22.2 Å². The summed E-state index contributed by atoms with van der Waals surface area (Å²) in [5, 5.41) is 0. The minimum Gasteiger partial charge on any atom is -0.496 e. The van der Waals surface area contributed by atoms with E-state index in [1.165, 1.54) is 18.4 Å². The van der Waals surface area contributed by atoms with E-state index >= 15 is 0 Å². The van der Waals surface area contributed by atoms with Crippen LogP contribution in [-0.2, 0) is 11.2 Å². The fraction of sp³-hybridized carbons (Fsp3) is 0.267. The quantitative estimate of drug-likeness (QED) is 0.823. The van der Waals surface area contributed by atoms with E-state index in [0.29, 0.717) is 10.6 Å². The van der Waals surface area contributed by atoms with E-state index in [2.05, 4.69) is 15.9 Å². The van der Waals surface area contributed by atoms with Gasteiger partial charge in [-0.1, -0.05) is 22.9 Å². The number of ether oxygens (including phenoxy) is 2. The van der Waals surface area contributed by atoms with Crippen LogP contribution in [0.3, 0.4) is 0 Å². The summed E-state index contributed by atoms with van der Waals surface area (Å²) in [6, 6.07) is 5.78. The maximum atomic E-state index is 11.8. The van der Waals surface area contributed by atoms with Crippen LogP contribution in [0.25, 0.3) is 10.4 Å². The summed E-state index contributed by atoms with van der Waals surface area (Å²) in [6.07, 6.45) is 0.730. The molecule has 2 rings (SSSR count). The topological polar surface area (TPSA) is 61.5 Å². The Morgan fingerprint density at radius 3 is 2.67 bits per heavy atom. The van der Waals surface area contributed by atoms with Gasteiger partial charge in [-0.15, -0.1) is 11.3 Å². The Bertz CT molecular complexity index is 682. The zero-order valence-corrected chi connectivity index (χ0v) is 14.4. The van der Waals surface area contributed by atoms with Gasteiger partial charge in [0.25, 0.3) is 0 Å². The maximum absolute atomic E-state index is 11.8. The molecule has 112 valence electrons. The monoisotopic (exact) mass is 369 g/mol. The van der Waals surface area contributed by atoms with E-state index in [4.69, 9.17) is 15.2 Å². The molecule has 0 aliphatic rings. The minimum absolute atomic E-state index is 0.408. The lowest BCUT2D eigenvalue weighted by molar-refractivity contribution is 0.0607. The zero-order valence-electron chi connectivity index (χ0n) is 12.0. The molecule has 6 heteroatoms. The highest BCUT2D eigenvalue weighted by Gasteiger charge is 2.23. The van der Waals surface area contributed by atoms with Gasteiger partial charge in [0.15, 0.2) is 0 Å². The fourth-order valence-electron chi connectivity index (χ4n) is 2.14. The number of carbonyl (C=O) groups is 1. The number of rotatable bonds is 4. The smallest absolute Gasteiger partial charge is 0.350 e. The molecule has 0 unspecified atom stereocenters. The molecule has 0 saturated heterocycles. The Morgan fingerprint density at radius 1 is 1.38 bits per heavy atom. The first-order chi connectivity index (χ1) is 10.0. The highest BCUT2D eigenvalue weighted by molar-refractivity contribution is 9.10. The van der Waals surface area contributed by atoms with Crippen molar-refractivity contribution in [2.24, 2.45) is 0 Å². The van der Waals surface area contributed by atoms with Crippen LogP contribution < -0.4 is 10.5 Å². The molecule has 0 amide bonds. The van der Waals surface area contributed by atoms with Crippen molar-refractivity contribution >= 4 is 38.9 Å². The van der Waals surface area contributed by atoms with Gasteiger partial charge >= 0.3 is 5.97 Å². The highest BCUT2D eigenvalue weighted by atomic mass is 79.9. The number of halogens is 1. The number of benzene rings is 1. The average molecular weight is 370 g/mol. The van der Waals surface area contributed by atoms with Crippen molar-refractivity contribution in [3.05, 3.63) is 33.1 Å². The Hall–Kier alpha value is -1.53. The van der Waals surface area contributed by atoms with Crippen LogP contribution in [0, 0.1) is 0 Å². The molecule has 0 saturated carbocycles. The number of hydrogen-bond acceptors (Lipinski definition) is 5. The van der Waals surface area contributed by atoms with Gasteiger partial charge in [0, 0.05) is 14.9 Å². The Labute approximate surface area is 136 Å². The third-order valence-electron chi connectivity index (χ3n) is 3.18. The molecule has 0 atom stereocenters. The first-order valence-corrected chi connectivity index (χ1v) is 7.97. The molecule has 0 spiro atoms. The van der Waals surface area contributed by atoms with E-state index < -0.39 is 5.97 Å². The second kappa shape index (κ2) is 6.49. The van der Waals surface area contributed by atoms with Gasteiger partial charge in [-0.25, -0.2) is 4.79 Å². The minimum atomic E-state index is -0.408. The summed E-state index contributed by atoms with van der Waals surface area (Å²) in [5.41, 5.74) is 8.47. The molecule has 1 heterocycles. The molecule has 21 heavy (non-hydrogen) atoms. The van der Waals surface area contributed by atoms with Crippen molar-refractivity contribution in [2.45, 2.75) is 13.3 Å². The number of esters is 1. The standard InChI is InChI=1S/C15H16BrNO3S/c1-4-9-12(17)14(15(18)20-3)21-13(9)10-6-5-8(16)7-11(10)19-2/h5-7H,4,17H2,1-3H3.